The average Bonchev–Trinajstić information content (AvgIpc) is 3.05. The number of alkyl halides is 3. The Kier molecular flexibility index (Phi) is 17.1. The summed E-state index contributed by atoms with van der Waals surface area (Å²) in [4.78, 5) is 40.4. The van der Waals surface area contributed by atoms with Crippen molar-refractivity contribution in [3.8, 4) is 0 Å². The molecule has 6 atom stereocenters. The van der Waals surface area contributed by atoms with Gasteiger partial charge < -0.3 is 19.9 Å². The van der Waals surface area contributed by atoms with Crippen LogP contribution in [0.2, 0.25) is 0 Å². The van der Waals surface area contributed by atoms with Gasteiger partial charge >= 0.3 is 18.2 Å². The number of allylic oxidation sites excluding steroid dienone is 8. The van der Waals surface area contributed by atoms with Gasteiger partial charge in [-0.2, -0.15) is 13.2 Å². The Morgan fingerprint density at radius 3 is 2.50 bits per heavy atom. The fourth-order valence-electron chi connectivity index (χ4n) is 5.50. The Balaban J connectivity index is 1.78. The predicted molar refractivity (Wildman–Crippen MR) is 188 cm³/mol. The Bertz CT molecular complexity index is 1490. The van der Waals surface area contributed by atoms with Crippen LogP contribution in [0.25, 0.3) is 0 Å². The molecule has 0 saturated heterocycles. The molecule has 0 unspecified atom stereocenters. The zero-order chi connectivity index (χ0) is 37.4. The number of cyclic esters (lactones) is 1. The Morgan fingerprint density at radius 2 is 1.82 bits per heavy atom. The van der Waals surface area contributed by atoms with Crippen molar-refractivity contribution in [2.75, 3.05) is 6.61 Å². The maximum absolute atomic E-state index is 13.2. The minimum Gasteiger partial charge on any atom is -0.455 e. The topological polar surface area (TPSA) is 115 Å². The molecule has 2 rings (SSSR count). The van der Waals surface area contributed by atoms with Crippen LogP contribution in [0.15, 0.2) is 89.7 Å². The molecule has 274 valence electrons. The number of pyridine rings is 1. The molecular formula is C39H51F3N2O6. The number of Topliss-reactive ketones (excluding diaryl/α,β-unsaturated/α-hetero) is 1. The molecule has 0 fully saturated rings. The summed E-state index contributed by atoms with van der Waals surface area (Å²) in [6.45, 7) is 13.0. The van der Waals surface area contributed by atoms with E-state index in [0.29, 0.717) is 12.8 Å². The summed E-state index contributed by atoms with van der Waals surface area (Å²) in [5.41, 5.74) is 2.08. The van der Waals surface area contributed by atoms with E-state index in [4.69, 9.17) is 9.47 Å². The highest BCUT2D eigenvalue weighted by molar-refractivity contribution is 5.85. The lowest BCUT2D eigenvalue weighted by Gasteiger charge is -2.26. The molecule has 11 heteroatoms. The highest BCUT2D eigenvalue weighted by Crippen LogP contribution is 2.29. The Hall–Kier alpha value is -4.25. The average molecular weight is 701 g/mol. The number of ketones is 1. The second-order valence-electron chi connectivity index (χ2n) is 13.1. The number of halogens is 3. The van der Waals surface area contributed by atoms with Crippen molar-refractivity contribution in [3.63, 3.8) is 0 Å². The molecule has 0 aliphatic carbocycles. The molecule has 2 heterocycles. The second-order valence-corrected chi connectivity index (χ2v) is 13.1. The zero-order valence-electron chi connectivity index (χ0n) is 30.0. The summed E-state index contributed by atoms with van der Waals surface area (Å²) in [5.74, 6) is -1.33. The number of aromatic nitrogens is 1. The first-order valence-electron chi connectivity index (χ1n) is 16.8. The van der Waals surface area contributed by atoms with Crippen LogP contribution >= 0.6 is 0 Å². The van der Waals surface area contributed by atoms with Crippen molar-refractivity contribution < 1.29 is 42.1 Å². The van der Waals surface area contributed by atoms with Gasteiger partial charge in [-0.3, -0.25) is 9.78 Å². The van der Waals surface area contributed by atoms with Crippen LogP contribution in [0.1, 0.15) is 79.0 Å². The summed E-state index contributed by atoms with van der Waals surface area (Å²) < 4.78 is 48.9. The minimum absolute atomic E-state index is 0.0464. The van der Waals surface area contributed by atoms with Crippen molar-refractivity contribution >= 4 is 17.8 Å². The van der Waals surface area contributed by atoms with Gasteiger partial charge in [0.25, 0.3) is 0 Å². The fourth-order valence-corrected chi connectivity index (χ4v) is 5.50. The van der Waals surface area contributed by atoms with Gasteiger partial charge in [-0.1, -0.05) is 80.9 Å². The van der Waals surface area contributed by atoms with Gasteiger partial charge in [0, 0.05) is 30.5 Å². The predicted octanol–water partition coefficient (Wildman–Crippen LogP) is 8.40. The lowest BCUT2D eigenvalue weighted by Crippen LogP contribution is -2.34. The van der Waals surface area contributed by atoms with Crippen LogP contribution in [0.4, 0.5) is 18.0 Å². The van der Waals surface area contributed by atoms with E-state index in [2.05, 4.69) is 29.4 Å². The Morgan fingerprint density at radius 1 is 1.12 bits per heavy atom. The van der Waals surface area contributed by atoms with Gasteiger partial charge in [0.05, 0.1) is 23.9 Å². The first-order chi connectivity index (χ1) is 23.5. The first kappa shape index (κ1) is 41.9. The SMILES string of the molecule is CC(=C/[C@H](C)C/C=C/C(C)=C/[C@@H](C)C(=O)[C@@H](C)[C@H](O)[C@@H](C)C/C(C)=C/COC(=O)NCc1cc(C(F)(F)F)ccn1)/C=C/[C@H]1CC=CC(=O)O1. The summed E-state index contributed by atoms with van der Waals surface area (Å²) in [5, 5.41) is 13.3. The maximum atomic E-state index is 13.2. The number of amides is 1. The number of nitrogens with zero attached hydrogens (tertiary/aromatic N) is 1. The lowest BCUT2D eigenvalue weighted by atomic mass is 9.83. The lowest BCUT2D eigenvalue weighted by molar-refractivity contribution is -0.141. The highest BCUT2D eigenvalue weighted by Gasteiger charge is 2.31. The van der Waals surface area contributed by atoms with Crippen LogP contribution in [-0.2, 0) is 31.8 Å². The van der Waals surface area contributed by atoms with Gasteiger partial charge in [0.1, 0.15) is 18.5 Å². The maximum Gasteiger partial charge on any atom is 0.416 e. The summed E-state index contributed by atoms with van der Waals surface area (Å²) >= 11 is 0. The van der Waals surface area contributed by atoms with Crippen LogP contribution < -0.4 is 5.32 Å². The number of ether oxygens (including phenoxy) is 2. The van der Waals surface area contributed by atoms with E-state index in [1.54, 1.807) is 13.0 Å². The highest BCUT2D eigenvalue weighted by atomic mass is 19.4. The number of aliphatic hydroxyl groups is 1. The largest absolute Gasteiger partial charge is 0.455 e. The van der Waals surface area contributed by atoms with E-state index in [-0.39, 0.29) is 54.5 Å². The fraction of sp³-hybridized carbons (Fsp3) is 0.487. The van der Waals surface area contributed by atoms with Gasteiger partial charge in [0.2, 0.25) is 0 Å². The van der Waals surface area contributed by atoms with Crippen molar-refractivity contribution in [1.29, 1.82) is 0 Å². The quantitative estimate of drug-likeness (QED) is 0.0953. The summed E-state index contributed by atoms with van der Waals surface area (Å²) in [6, 6.07) is 1.71. The Labute approximate surface area is 293 Å². The molecule has 1 amide bonds. The molecule has 0 saturated carbocycles. The third-order valence-corrected chi connectivity index (χ3v) is 8.25. The van der Waals surface area contributed by atoms with Crippen molar-refractivity contribution in [2.24, 2.45) is 23.7 Å². The van der Waals surface area contributed by atoms with Crippen LogP contribution in [0.3, 0.4) is 0 Å². The molecule has 2 N–H and O–H groups in total. The normalized spacial score (nSPS) is 19.2. The van der Waals surface area contributed by atoms with Crippen molar-refractivity contribution in [1.82, 2.24) is 10.3 Å². The number of esters is 1. The van der Waals surface area contributed by atoms with E-state index in [9.17, 15) is 32.7 Å². The number of aliphatic hydroxyl groups excluding tert-OH is 1. The van der Waals surface area contributed by atoms with E-state index >= 15 is 0 Å². The van der Waals surface area contributed by atoms with Gasteiger partial charge in [-0.05, 0) is 69.7 Å². The number of rotatable bonds is 17. The molecule has 1 aliphatic heterocycles. The number of carbonyl (C=O) groups is 3. The van der Waals surface area contributed by atoms with Crippen LogP contribution in [0, 0.1) is 23.7 Å². The molecule has 50 heavy (non-hydrogen) atoms. The van der Waals surface area contributed by atoms with Gasteiger partial charge in [0.15, 0.2) is 0 Å². The van der Waals surface area contributed by atoms with E-state index < -0.39 is 29.9 Å². The number of nitrogens with one attached hydrogen (secondary N) is 1. The standard InChI is InChI=1S/C39H51F3N2O6/c1-25(20-27(3)14-15-34-12-9-13-35(45)50-34)10-8-11-26(2)21-29(5)36(46)31(7)37(47)30(6)22-28(4)17-19-49-38(48)44-24-33-23-32(16-18-43-33)39(40,41)42/h8-9,11,13-18,20-21,23,25,29-31,34,37,47H,10,12,19,22,24H2,1-7H3,(H,44,48)/b11-8+,15-14+,26-21+,27-20-,28-17+/t25-,29-,30+,31-,34-,37-/m1/s1. The summed E-state index contributed by atoms with van der Waals surface area (Å²) in [6.07, 6.45) is 13.5. The minimum atomic E-state index is -4.51. The molecule has 1 aromatic heterocycles. The summed E-state index contributed by atoms with van der Waals surface area (Å²) in [7, 11) is 0. The van der Waals surface area contributed by atoms with Gasteiger partial charge in [-0.15, -0.1) is 0 Å². The van der Waals surface area contributed by atoms with E-state index in [1.807, 2.05) is 65.0 Å². The third kappa shape index (κ3) is 15.5. The van der Waals surface area contributed by atoms with Crippen LogP contribution in [-0.4, -0.2) is 46.8 Å². The van der Waals surface area contributed by atoms with Gasteiger partial charge in [-0.25, -0.2) is 9.59 Å². The van der Waals surface area contributed by atoms with Crippen molar-refractivity contribution in [3.05, 3.63) is 101 Å². The number of carbonyl (C=O) groups excluding carboxylic acids is 3. The van der Waals surface area contributed by atoms with E-state index in [1.165, 1.54) is 6.08 Å². The number of hydrogen-bond acceptors (Lipinski definition) is 7. The molecular weight excluding hydrogens is 649 g/mol. The number of alkyl carbamates (subject to hydrolysis) is 1. The monoisotopic (exact) mass is 700 g/mol. The van der Waals surface area contributed by atoms with E-state index in [0.717, 1.165) is 41.5 Å². The zero-order valence-corrected chi connectivity index (χ0v) is 30.0. The molecule has 0 aromatic carbocycles. The molecule has 0 radical (unpaired) electrons. The molecule has 1 aromatic rings. The molecule has 0 bridgehead atoms. The first-order valence-corrected chi connectivity index (χ1v) is 16.8. The smallest absolute Gasteiger partial charge is 0.416 e. The van der Waals surface area contributed by atoms with Crippen LogP contribution in [0.5, 0.6) is 0 Å². The number of hydrogen-bond donors (Lipinski definition) is 2. The second kappa shape index (κ2) is 20.4. The molecule has 8 nitrogen and oxygen atoms in total. The third-order valence-electron chi connectivity index (χ3n) is 8.25. The molecule has 1 aliphatic rings. The molecule has 0 spiro atoms. The van der Waals surface area contributed by atoms with Crippen molar-refractivity contribution in [2.45, 2.75) is 92.7 Å².